The van der Waals surface area contributed by atoms with Gasteiger partial charge in [0.2, 0.25) is 0 Å². The first kappa shape index (κ1) is 18.2. The molecule has 26 heavy (non-hydrogen) atoms. The topological polar surface area (TPSA) is 100 Å². The highest BCUT2D eigenvalue weighted by Gasteiger charge is 2.54. The lowest BCUT2D eigenvalue weighted by Crippen LogP contribution is -2.26. The molecule has 0 spiro atoms. The summed E-state index contributed by atoms with van der Waals surface area (Å²) in [5, 5.41) is 19.1. The number of sulfone groups is 1. The van der Waals surface area contributed by atoms with E-state index >= 15 is 0 Å². The van der Waals surface area contributed by atoms with Gasteiger partial charge in [-0.05, 0) is 19.1 Å². The van der Waals surface area contributed by atoms with Crippen LogP contribution in [0.1, 0.15) is 35.9 Å². The van der Waals surface area contributed by atoms with Gasteiger partial charge in [0.1, 0.15) is 23.7 Å². The number of benzene rings is 1. The zero-order chi connectivity index (χ0) is 19.3. The molecule has 6 nitrogen and oxygen atoms in total. The van der Waals surface area contributed by atoms with E-state index in [1.54, 1.807) is 0 Å². The number of ether oxygens (including phenoxy) is 1. The summed E-state index contributed by atoms with van der Waals surface area (Å²) in [6, 6.07) is 5.53. The number of fused-ring (bicyclic) bond motifs is 1. The van der Waals surface area contributed by atoms with Gasteiger partial charge in [0.05, 0.1) is 16.7 Å². The van der Waals surface area contributed by atoms with E-state index in [4.69, 9.17) is 10.00 Å². The van der Waals surface area contributed by atoms with Crippen LogP contribution in [0.25, 0.3) is 0 Å². The molecule has 0 saturated heterocycles. The first-order valence-corrected chi connectivity index (χ1v) is 9.37. The standard InChI is InChI=1S/C17H14F2N2O4S/c1-17(19)15(18)13-11(25-10-5-9(6-20)7-21-8-10)3-4-12(26(2,23)24)14(13)16(17)22/h3-5,7-8,15-16,22H,1-2H3/t15-,16?,17?/m1/s1. The van der Waals surface area contributed by atoms with Gasteiger partial charge in [0.25, 0.3) is 0 Å². The van der Waals surface area contributed by atoms with Crippen LogP contribution in [0.4, 0.5) is 8.78 Å². The summed E-state index contributed by atoms with van der Waals surface area (Å²) in [5.74, 6) is -0.0651. The molecule has 0 fully saturated rings. The molecule has 1 aliphatic rings. The maximum Gasteiger partial charge on any atom is 0.175 e. The van der Waals surface area contributed by atoms with Crippen LogP contribution in [0.2, 0.25) is 0 Å². The summed E-state index contributed by atoms with van der Waals surface area (Å²) < 4.78 is 58.9. The molecule has 136 valence electrons. The molecule has 0 saturated carbocycles. The number of aromatic nitrogens is 1. The van der Waals surface area contributed by atoms with Crippen LogP contribution in [0.5, 0.6) is 11.5 Å². The quantitative estimate of drug-likeness (QED) is 0.879. The van der Waals surface area contributed by atoms with Crippen LogP contribution in [-0.4, -0.2) is 30.4 Å². The monoisotopic (exact) mass is 380 g/mol. The van der Waals surface area contributed by atoms with Crippen molar-refractivity contribution in [3.63, 3.8) is 0 Å². The fourth-order valence-electron chi connectivity index (χ4n) is 2.92. The minimum Gasteiger partial charge on any atom is -0.455 e. The van der Waals surface area contributed by atoms with Gasteiger partial charge in [-0.2, -0.15) is 5.26 Å². The Morgan fingerprint density at radius 2 is 2.04 bits per heavy atom. The number of aliphatic hydroxyl groups is 1. The summed E-state index contributed by atoms with van der Waals surface area (Å²) in [6.07, 6.45) is -0.812. The van der Waals surface area contributed by atoms with E-state index < -0.39 is 27.8 Å². The first-order chi connectivity index (χ1) is 12.1. The highest BCUT2D eigenvalue weighted by Crippen LogP contribution is 2.56. The molecule has 0 bridgehead atoms. The van der Waals surface area contributed by atoms with E-state index in [0.29, 0.717) is 0 Å². The normalized spacial score (nSPS) is 24.8. The number of pyridine rings is 1. The second-order valence-electron chi connectivity index (χ2n) is 6.20. The average molecular weight is 380 g/mol. The molecule has 3 rings (SSSR count). The van der Waals surface area contributed by atoms with E-state index in [2.05, 4.69) is 4.98 Å². The van der Waals surface area contributed by atoms with Gasteiger partial charge in [0.15, 0.2) is 21.7 Å². The number of alkyl halides is 2. The van der Waals surface area contributed by atoms with Crippen molar-refractivity contribution in [2.45, 2.75) is 29.8 Å². The highest BCUT2D eigenvalue weighted by atomic mass is 32.2. The maximum atomic E-state index is 14.7. The molecule has 0 aliphatic heterocycles. The first-order valence-electron chi connectivity index (χ1n) is 7.48. The molecule has 0 amide bonds. The lowest BCUT2D eigenvalue weighted by Gasteiger charge is -2.20. The molecule has 9 heteroatoms. The van der Waals surface area contributed by atoms with Crippen molar-refractivity contribution in [2.24, 2.45) is 0 Å². The van der Waals surface area contributed by atoms with E-state index in [-0.39, 0.29) is 33.1 Å². The molecular formula is C17H14F2N2O4S. The Morgan fingerprint density at radius 1 is 1.35 bits per heavy atom. The zero-order valence-electron chi connectivity index (χ0n) is 13.8. The van der Waals surface area contributed by atoms with Crippen LogP contribution in [0.3, 0.4) is 0 Å². The van der Waals surface area contributed by atoms with Crippen molar-refractivity contribution >= 4 is 9.84 Å². The number of hydrogen-bond acceptors (Lipinski definition) is 6. The Labute approximate surface area is 148 Å². The van der Waals surface area contributed by atoms with Gasteiger partial charge in [-0.15, -0.1) is 0 Å². The number of aliphatic hydroxyl groups excluding tert-OH is 1. The Kier molecular flexibility index (Phi) is 4.21. The Bertz CT molecular complexity index is 1030. The van der Waals surface area contributed by atoms with E-state index in [0.717, 1.165) is 19.2 Å². The second kappa shape index (κ2) is 6.00. The van der Waals surface area contributed by atoms with Crippen LogP contribution >= 0.6 is 0 Å². The number of rotatable bonds is 3. The highest BCUT2D eigenvalue weighted by molar-refractivity contribution is 7.90. The summed E-state index contributed by atoms with van der Waals surface area (Å²) in [6.45, 7) is 0.857. The number of halogens is 2. The van der Waals surface area contributed by atoms with Gasteiger partial charge in [-0.1, -0.05) is 0 Å². The minimum absolute atomic E-state index is 0.0903. The minimum atomic E-state index is -3.84. The number of nitrogens with zero attached hydrogens (tertiary/aromatic N) is 2. The molecule has 1 aliphatic carbocycles. The van der Waals surface area contributed by atoms with E-state index in [1.807, 2.05) is 6.07 Å². The van der Waals surface area contributed by atoms with Crippen LogP contribution in [-0.2, 0) is 9.84 Å². The van der Waals surface area contributed by atoms with Crippen LogP contribution in [0, 0.1) is 11.3 Å². The van der Waals surface area contributed by atoms with Crippen molar-refractivity contribution in [2.75, 3.05) is 6.26 Å². The largest absolute Gasteiger partial charge is 0.455 e. The SMILES string of the molecule is CC1(F)C(O)c2c(S(C)(=O)=O)ccc(Oc3cncc(C#N)c3)c2[C@H]1F. The zero-order valence-corrected chi connectivity index (χ0v) is 14.6. The fraction of sp³-hybridized carbons (Fsp3) is 0.294. The predicted molar refractivity (Wildman–Crippen MR) is 86.9 cm³/mol. The van der Waals surface area contributed by atoms with Crippen LogP contribution in [0.15, 0.2) is 35.5 Å². The van der Waals surface area contributed by atoms with Crippen molar-refractivity contribution in [1.29, 1.82) is 5.26 Å². The molecule has 1 N–H and O–H groups in total. The van der Waals surface area contributed by atoms with Gasteiger partial charge < -0.3 is 9.84 Å². The Morgan fingerprint density at radius 3 is 2.65 bits per heavy atom. The third kappa shape index (κ3) is 2.81. The summed E-state index contributed by atoms with van der Waals surface area (Å²) in [5.41, 5.74) is -3.24. The van der Waals surface area contributed by atoms with Crippen molar-refractivity contribution < 1.29 is 27.0 Å². The third-order valence-corrected chi connectivity index (χ3v) is 5.39. The molecule has 2 unspecified atom stereocenters. The van der Waals surface area contributed by atoms with Crippen molar-refractivity contribution in [1.82, 2.24) is 4.98 Å². The molecule has 0 radical (unpaired) electrons. The lowest BCUT2D eigenvalue weighted by atomic mass is 10.0. The predicted octanol–water partition coefficient (Wildman–Crippen LogP) is 2.93. The average Bonchev–Trinajstić information content (AvgIpc) is 2.75. The number of hydrogen-bond donors (Lipinski definition) is 1. The summed E-state index contributed by atoms with van der Waals surface area (Å²) in [7, 11) is -3.84. The van der Waals surface area contributed by atoms with E-state index in [9.17, 15) is 22.3 Å². The fourth-order valence-corrected chi connectivity index (χ4v) is 3.85. The van der Waals surface area contributed by atoms with Gasteiger partial charge in [0, 0.05) is 29.6 Å². The third-order valence-electron chi connectivity index (χ3n) is 4.23. The summed E-state index contributed by atoms with van der Waals surface area (Å²) in [4.78, 5) is 3.44. The second-order valence-corrected chi connectivity index (χ2v) is 8.19. The number of nitriles is 1. The molecule has 3 atom stereocenters. The smallest absolute Gasteiger partial charge is 0.175 e. The van der Waals surface area contributed by atoms with Gasteiger partial charge in [-0.25, -0.2) is 17.2 Å². The molecule has 1 aromatic carbocycles. The molecule has 2 aromatic rings. The Balaban J connectivity index is 2.20. The van der Waals surface area contributed by atoms with E-state index in [1.165, 1.54) is 24.5 Å². The van der Waals surface area contributed by atoms with Crippen molar-refractivity contribution in [3.05, 3.63) is 47.3 Å². The Hall–Kier alpha value is -2.57. The lowest BCUT2D eigenvalue weighted by molar-refractivity contribution is -0.0343. The molecule has 1 heterocycles. The molecular weight excluding hydrogens is 366 g/mol. The van der Waals surface area contributed by atoms with Crippen molar-refractivity contribution in [3.8, 4) is 17.6 Å². The van der Waals surface area contributed by atoms with Crippen LogP contribution < -0.4 is 4.74 Å². The molecule has 1 aromatic heterocycles. The van der Waals surface area contributed by atoms with Gasteiger partial charge in [-0.3, -0.25) is 4.98 Å². The summed E-state index contributed by atoms with van der Waals surface area (Å²) >= 11 is 0. The maximum absolute atomic E-state index is 14.7. The van der Waals surface area contributed by atoms with Gasteiger partial charge >= 0.3 is 0 Å².